The molecule has 1 rings (SSSR count). The summed E-state index contributed by atoms with van der Waals surface area (Å²) in [4.78, 5) is 11.2. The molecule has 90 valence electrons. The number of hydrogen-bond donors (Lipinski definition) is 2. The largest absolute Gasteiger partial charge is 0.368 e. The van der Waals surface area contributed by atoms with Gasteiger partial charge in [-0.3, -0.25) is 9.48 Å². The van der Waals surface area contributed by atoms with Gasteiger partial charge in [-0.05, 0) is 19.9 Å². The molecule has 1 heterocycles. The lowest BCUT2D eigenvalue weighted by molar-refractivity contribution is -0.120. The molecule has 1 unspecified atom stereocenters. The molecule has 5 nitrogen and oxygen atoms in total. The van der Waals surface area contributed by atoms with E-state index in [0.717, 1.165) is 18.7 Å². The molecule has 3 N–H and O–H groups in total. The molecule has 0 aliphatic rings. The quantitative estimate of drug-likeness (QED) is 0.774. The number of rotatable bonds is 6. The van der Waals surface area contributed by atoms with Crippen molar-refractivity contribution in [3.05, 3.63) is 16.9 Å². The van der Waals surface area contributed by atoms with E-state index in [1.54, 1.807) is 10.9 Å². The molecule has 0 bridgehead atoms. The summed E-state index contributed by atoms with van der Waals surface area (Å²) < 4.78 is 1.68. The molecule has 0 aromatic carbocycles. The van der Waals surface area contributed by atoms with E-state index in [0.29, 0.717) is 11.6 Å². The van der Waals surface area contributed by atoms with E-state index < -0.39 is 6.04 Å². The third kappa shape index (κ3) is 3.21. The summed E-state index contributed by atoms with van der Waals surface area (Å²) in [6.45, 7) is 5.05. The van der Waals surface area contributed by atoms with Crippen LogP contribution in [0.3, 0.4) is 0 Å². The Hall–Kier alpha value is -1.07. The second-order valence-electron chi connectivity index (χ2n) is 3.67. The van der Waals surface area contributed by atoms with Gasteiger partial charge < -0.3 is 11.1 Å². The van der Waals surface area contributed by atoms with Crippen LogP contribution in [0.5, 0.6) is 0 Å². The van der Waals surface area contributed by atoms with Crippen LogP contribution < -0.4 is 11.1 Å². The number of aromatic nitrogens is 2. The van der Waals surface area contributed by atoms with E-state index >= 15 is 0 Å². The van der Waals surface area contributed by atoms with Gasteiger partial charge in [-0.25, -0.2) is 0 Å². The summed E-state index contributed by atoms with van der Waals surface area (Å²) in [6.07, 6.45) is 2.51. The fraction of sp³-hybridized carbons (Fsp3) is 0.600. The lowest BCUT2D eigenvalue weighted by Crippen LogP contribution is -2.44. The fourth-order valence-corrected chi connectivity index (χ4v) is 1.50. The van der Waals surface area contributed by atoms with E-state index in [2.05, 4.69) is 10.4 Å². The van der Waals surface area contributed by atoms with Crippen LogP contribution in [0.1, 0.15) is 19.0 Å². The maximum atomic E-state index is 11.2. The van der Waals surface area contributed by atoms with Gasteiger partial charge in [-0.1, -0.05) is 18.5 Å². The molecule has 0 fully saturated rings. The van der Waals surface area contributed by atoms with Crippen molar-refractivity contribution in [3.63, 3.8) is 0 Å². The normalized spacial score (nSPS) is 12.7. The summed E-state index contributed by atoms with van der Waals surface area (Å²) in [5, 5.41) is 7.75. The minimum absolute atomic E-state index is 0.375. The van der Waals surface area contributed by atoms with Crippen LogP contribution in [0.25, 0.3) is 0 Å². The van der Waals surface area contributed by atoms with Crippen LogP contribution in [0.2, 0.25) is 5.02 Å². The van der Waals surface area contributed by atoms with Gasteiger partial charge in [0.25, 0.3) is 0 Å². The number of primary amides is 1. The Bertz CT molecular complexity index is 364. The first-order valence-electron chi connectivity index (χ1n) is 5.26. The molecule has 1 aromatic rings. The Kier molecular flexibility index (Phi) is 4.76. The average Bonchev–Trinajstić information content (AvgIpc) is 2.55. The molecule has 1 amide bonds. The van der Waals surface area contributed by atoms with Gasteiger partial charge in [0.2, 0.25) is 5.91 Å². The minimum Gasteiger partial charge on any atom is -0.368 e. The molecule has 0 radical (unpaired) electrons. The topological polar surface area (TPSA) is 72.9 Å². The third-order valence-electron chi connectivity index (χ3n) is 2.38. The van der Waals surface area contributed by atoms with Crippen LogP contribution in [0.4, 0.5) is 0 Å². The summed E-state index contributed by atoms with van der Waals surface area (Å²) in [5.74, 6) is -0.375. The molecule has 0 spiro atoms. The monoisotopic (exact) mass is 244 g/mol. The van der Waals surface area contributed by atoms with Crippen molar-refractivity contribution in [3.8, 4) is 0 Å². The standard InChI is InChI=1S/C10H17ClN4O/c1-3-4-13-9(10(12)16)6-15-7(2)8(11)5-14-15/h5,9,13H,3-4,6H2,1-2H3,(H2,12,16). The van der Waals surface area contributed by atoms with E-state index in [4.69, 9.17) is 17.3 Å². The molecule has 1 aromatic heterocycles. The number of nitrogens with two attached hydrogens (primary N) is 1. The first-order valence-corrected chi connectivity index (χ1v) is 5.64. The smallest absolute Gasteiger partial charge is 0.236 e. The minimum atomic E-state index is -0.408. The second-order valence-corrected chi connectivity index (χ2v) is 4.08. The molecule has 6 heteroatoms. The summed E-state index contributed by atoms with van der Waals surface area (Å²) in [6, 6.07) is -0.408. The lowest BCUT2D eigenvalue weighted by Gasteiger charge is -2.15. The Morgan fingerprint density at radius 1 is 1.75 bits per heavy atom. The maximum absolute atomic E-state index is 11.2. The summed E-state index contributed by atoms with van der Waals surface area (Å²) >= 11 is 5.88. The Morgan fingerprint density at radius 3 is 2.88 bits per heavy atom. The SMILES string of the molecule is CCCNC(Cn1ncc(Cl)c1C)C(N)=O. The predicted octanol–water partition coefficient (Wildman–Crippen LogP) is 0.698. The van der Waals surface area contributed by atoms with E-state index in [1.165, 1.54) is 0 Å². The van der Waals surface area contributed by atoms with E-state index in [-0.39, 0.29) is 5.91 Å². The van der Waals surface area contributed by atoms with Gasteiger partial charge in [0.15, 0.2) is 0 Å². The van der Waals surface area contributed by atoms with Crippen LogP contribution in [-0.2, 0) is 11.3 Å². The molecule has 0 saturated heterocycles. The molecule has 16 heavy (non-hydrogen) atoms. The van der Waals surface area contributed by atoms with Crippen molar-refractivity contribution in [2.45, 2.75) is 32.9 Å². The van der Waals surface area contributed by atoms with Gasteiger partial charge >= 0.3 is 0 Å². The Balaban J connectivity index is 2.68. The number of nitrogens with one attached hydrogen (secondary N) is 1. The van der Waals surface area contributed by atoms with Gasteiger partial charge in [0.1, 0.15) is 6.04 Å². The lowest BCUT2D eigenvalue weighted by atomic mass is 10.2. The first-order chi connectivity index (χ1) is 7.56. The van der Waals surface area contributed by atoms with Crippen LogP contribution in [0, 0.1) is 6.92 Å². The summed E-state index contributed by atoms with van der Waals surface area (Å²) in [5.41, 5.74) is 6.15. The van der Waals surface area contributed by atoms with Crippen LogP contribution in [0.15, 0.2) is 6.20 Å². The van der Waals surface area contributed by atoms with Gasteiger partial charge in [0.05, 0.1) is 23.5 Å². The van der Waals surface area contributed by atoms with E-state index in [9.17, 15) is 4.79 Å². The van der Waals surface area contributed by atoms with E-state index in [1.807, 2.05) is 13.8 Å². The zero-order valence-corrected chi connectivity index (χ0v) is 10.3. The Labute approximate surface area is 99.9 Å². The molecular formula is C10H17ClN4O. The molecule has 0 aliphatic heterocycles. The Morgan fingerprint density at radius 2 is 2.44 bits per heavy atom. The fourth-order valence-electron chi connectivity index (χ4n) is 1.35. The number of halogens is 1. The molecule has 0 aliphatic carbocycles. The third-order valence-corrected chi connectivity index (χ3v) is 2.75. The highest BCUT2D eigenvalue weighted by Gasteiger charge is 2.16. The zero-order valence-electron chi connectivity index (χ0n) is 9.53. The van der Waals surface area contributed by atoms with Crippen LogP contribution >= 0.6 is 11.6 Å². The zero-order chi connectivity index (χ0) is 12.1. The van der Waals surface area contributed by atoms with Gasteiger partial charge in [-0.2, -0.15) is 5.10 Å². The molecular weight excluding hydrogens is 228 g/mol. The van der Waals surface area contributed by atoms with Crippen LogP contribution in [-0.4, -0.2) is 28.3 Å². The van der Waals surface area contributed by atoms with Crippen molar-refractivity contribution in [1.82, 2.24) is 15.1 Å². The highest BCUT2D eigenvalue weighted by atomic mass is 35.5. The number of nitrogens with zero attached hydrogens (tertiary/aromatic N) is 2. The number of amides is 1. The van der Waals surface area contributed by atoms with Crippen molar-refractivity contribution < 1.29 is 4.79 Å². The first kappa shape index (κ1) is 13.0. The maximum Gasteiger partial charge on any atom is 0.236 e. The number of carbonyl (C=O) groups excluding carboxylic acids is 1. The molecule has 1 atom stereocenters. The molecule has 0 saturated carbocycles. The second kappa shape index (κ2) is 5.86. The van der Waals surface area contributed by atoms with Crippen molar-refractivity contribution in [2.24, 2.45) is 5.73 Å². The predicted molar refractivity (Wildman–Crippen MR) is 63.3 cm³/mol. The van der Waals surface area contributed by atoms with Gasteiger partial charge in [0, 0.05) is 0 Å². The summed E-state index contributed by atoms with van der Waals surface area (Å²) in [7, 11) is 0. The number of hydrogen-bond acceptors (Lipinski definition) is 3. The van der Waals surface area contributed by atoms with Crippen molar-refractivity contribution >= 4 is 17.5 Å². The van der Waals surface area contributed by atoms with Gasteiger partial charge in [-0.15, -0.1) is 0 Å². The average molecular weight is 245 g/mol. The number of carbonyl (C=O) groups is 1. The van der Waals surface area contributed by atoms with Crippen molar-refractivity contribution in [2.75, 3.05) is 6.54 Å². The highest BCUT2D eigenvalue weighted by molar-refractivity contribution is 6.31. The highest BCUT2D eigenvalue weighted by Crippen LogP contribution is 2.13. The van der Waals surface area contributed by atoms with Crippen molar-refractivity contribution in [1.29, 1.82) is 0 Å².